The van der Waals surface area contributed by atoms with Crippen LogP contribution in [0.15, 0.2) is 11.6 Å². The summed E-state index contributed by atoms with van der Waals surface area (Å²) in [5.41, 5.74) is 0. The van der Waals surface area contributed by atoms with Crippen molar-refractivity contribution in [2.45, 2.75) is 19.4 Å². The molecule has 0 N–H and O–H groups in total. The van der Waals surface area contributed by atoms with E-state index in [9.17, 15) is 4.79 Å². The van der Waals surface area contributed by atoms with Gasteiger partial charge >= 0.3 is 5.97 Å². The Morgan fingerprint density at radius 2 is 2.42 bits per heavy atom. The number of carbonyl (C=O) groups excluding carboxylic acids is 1. The molecular formula is C9H11NO2. The summed E-state index contributed by atoms with van der Waals surface area (Å²) in [4.78, 5) is 14.7. The van der Waals surface area contributed by atoms with Gasteiger partial charge in [-0.25, -0.2) is 9.79 Å². The Labute approximate surface area is 72.1 Å². The highest BCUT2D eigenvalue weighted by Gasteiger charge is 2.15. The molecule has 0 aliphatic heterocycles. The van der Waals surface area contributed by atoms with Gasteiger partial charge in [0.2, 0.25) is 0 Å². The minimum absolute atomic E-state index is 0.353. The number of nitrogens with zero attached hydrogens (tertiary/aromatic N) is 1. The molecule has 3 nitrogen and oxygen atoms in total. The van der Waals surface area contributed by atoms with Crippen LogP contribution in [0.5, 0.6) is 0 Å². The highest BCUT2D eigenvalue weighted by atomic mass is 16.5. The Bertz CT molecular complexity index is 253. The van der Waals surface area contributed by atoms with E-state index in [0.717, 1.165) is 0 Å². The first-order chi connectivity index (χ1) is 5.76. The molecule has 0 fully saturated rings. The van der Waals surface area contributed by atoms with Crippen LogP contribution in [-0.4, -0.2) is 25.0 Å². The van der Waals surface area contributed by atoms with E-state index in [-0.39, 0.29) is 0 Å². The molecule has 0 unspecified atom stereocenters. The smallest absolute Gasteiger partial charge is 0.332 e. The molecular weight excluding hydrogens is 154 g/mol. The summed E-state index contributed by atoms with van der Waals surface area (Å²) >= 11 is 0. The van der Waals surface area contributed by atoms with Crippen LogP contribution in [0.1, 0.15) is 13.3 Å². The topological polar surface area (TPSA) is 38.7 Å². The summed E-state index contributed by atoms with van der Waals surface area (Å²) in [6.45, 7) is 4.98. The molecule has 1 atom stereocenters. The summed E-state index contributed by atoms with van der Waals surface area (Å²) in [5, 5.41) is 0. The van der Waals surface area contributed by atoms with Crippen molar-refractivity contribution in [3.63, 3.8) is 0 Å². The minimum Gasteiger partial charge on any atom is -0.467 e. The van der Waals surface area contributed by atoms with E-state index in [1.807, 2.05) is 0 Å². The van der Waals surface area contributed by atoms with Gasteiger partial charge in [0, 0.05) is 6.42 Å². The largest absolute Gasteiger partial charge is 0.467 e. The minimum atomic E-state index is -0.583. The van der Waals surface area contributed by atoms with E-state index in [1.165, 1.54) is 7.11 Å². The lowest BCUT2D eigenvalue weighted by molar-refractivity contribution is -0.141. The van der Waals surface area contributed by atoms with Crippen molar-refractivity contribution in [2.24, 2.45) is 4.99 Å². The van der Waals surface area contributed by atoms with E-state index in [4.69, 9.17) is 0 Å². The number of methoxy groups -OCH3 is 1. The molecule has 64 valence electrons. The van der Waals surface area contributed by atoms with Crippen LogP contribution in [0.4, 0.5) is 0 Å². The van der Waals surface area contributed by atoms with Gasteiger partial charge in [-0.05, 0) is 19.4 Å². The summed E-state index contributed by atoms with van der Waals surface area (Å²) < 4.78 is 4.49. The molecule has 0 aliphatic carbocycles. The molecule has 0 aromatic rings. The molecule has 0 rings (SSSR count). The Hall–Kier alpha value is -1.52. The summed E-state index contributed by atoms with van der Waals surface area (Å²) in [6.07, 6.45) is 0.353. The number of hydrogen-bond donors (Lipinski definition) is 0. The van der Waals surface area contributed by atoms with Crippen LogP contribution in [0, 0.1) is 11.8 Å². The Balaban J connectivity index is 4.28. The van der Waals surface area contributed by atoms with E-state index in [2.05, 4.69) is 34.0 Å². The molecule has 0 aromatic heterocycles. The highest BCUT2D eigenvalue weighted by Crippen LogP contribution is 1.98. The van der Waals surface area contributed by atoms with E-state index in [0.29, 0.717) is 6.42 Å². The van der Waals surface area contributed by atoms with Crippen LogP contribution < -0.4 is 0 Å². The van der Waals surface area contributed by atoms with Gasteiger partial charge < -0.3 is 4.74 Å². The van der Waals surface area contributed by atoms with Gasteiger partial charge in [-0.3, -0.25) is 0 Å². The molecule has 0 amide bonds. The maximum absolute atomic E-state index is 11.0. The number of carbonyl (C=O) groups is 1. The van der Waals surface area contributed by atoms with E-state index in [1.54, 1.807) is 6.92 Å². The molecule has 0 spiro atoms. The fraction of sp³-hybridized carbons (Fsp3) is 0.444. The van der Waals surface area contributed by atoms with Gasteiger partial charge in [0.25, 0.3) is 0 Å². The molecule has 0 bridgehead atoms. The third-order valence-corrected chi connectivity index (χ3v) is 1.19. The van der Waals surface area contributed by atoms with E-state index < -0.39 is 12.0 Å². The summed E-state index contributed by atoms with van der Waals surface area (Å²) in [6, 6.07) is -0.583. The maximum atomic E-state index is 11.0. The van der Waals surface area contributed by atoms with Crippen molar-refractivity contribution in [1.82, 2.24) is 0 Å². The van der Waals surface area contributed by atoms with Gasteiger partial charge in [0.1, 0.15) is 0 Å². The monoisotopic (exact) mass is 165 g/mol. The molecule has 3 heteroatoms. The third-order valence-electron chi connectivity index (χ3n) is 1.19. The van der Waals surface area contributed by atoms with Crippen LogP contribution in [0.2, 0.25) is 0 Å². The fourth-order valence-corrected chi connectivity index (χ4v) is 0.627. The average Bonchev–Trinajstić information content (AvgIpc) is 2.11. The molecule has 0 saturated heterocycles. The average molecular weight is 165 g/mol. The Kier molecular flexibility index (Phi) is 5.42. The first-order valence-electron chi connectivity index (χ1n) is 3.45. The van der Waals surface area contributed by atoms with Crippen LogP contribution in [-0.2, 0) is 9.53 Å². The van der Waals surface area contributed by atoms with E-state index >= 15 is 0 Å². The molecule has 0 radical (unpaired) electrons. The molecule has 12 heavy (non-hydrogen) atoms. The lowest BCUT2D eigenvalue weighted by atomic mass is 10.2. The molecule has 0 aliphatic rings. The number of hydrogen-bond acceptors (Lipinski definition) is 3. The van der Waals surface area contributed by atoms with Gasteiger partial charge in [-0.1, -0.05) is 0 Å². The standard InChI is InChI=1S/C9H11NO2/c1-4-6-7-8(10-5-2)9(11)12-3/h8H,2,7H2,1,3H3/t8-/m0/s1. The maximum Gasteiger partial charge on any atom is 0.332 e. The van der Waals surface area contributed by atoms with Crippen LogP contribution in [0.3, 0.4) is 0 Å². The van der Waals surface area contributed by atoms with Crippen molar-refractivity contribution < 1.29 is 9.53 Å². The quantitative estimate of drug-likeness (QED) is 0.352. The first kappa shape index (κ1) is 10.5. The number of aliphatic imine (C=N–C) groups is 1. The molecule has 0 heterocycles. The zero-order chi connectivity index (χ0) is 9.40. The summed E-state index contributed by atoms with van der Waals surface area (Å²) in [5.74, 6) is 7.30. The Morgan fingerprint density at radius 3 is 2.83 bits per heavy atom. The van der Waals surface area contributed by atoms with Gasteiger partial charge in [0.15, 0.2) is 6.04 Å². The number of rotatable bonds is 3. The second-order valence-electron chi connectivity index (χ2n) is 1.96. The molecule has 0 aromatic carbocycles. The van der Waals surface area contributed by atoms with Crippen molar-refractivity contribution in [3.8, 4) is 11.8 Å². The Morgan fingerprint density at radius 1 is 1.75 bits per heavy atom. The predicted molar refractivity (Wildman–Crippen MR) is 46.9 cm³/mol. The number of ether oxygens (including phenoxy) is 1. The van der Waals surface area contributed by atoms with Crippen molar-refractivity contribution >= 4 is 11.8 Å². The zero-order valence-corrected chi connectivity index (χ0v) is 7.26. The van der Waals surface area contributed by atoms with Crippen LogP contribution in [0.25, 0.3) is 0 Å². The third kappa shape index (κ3) is 3.60. The van der Waals surface area contributed by atoms with Crippen LogP contribution >= 0.6 is 0 Å². The predicted octanol–water partition coefficient (Wildman–Crippen LogP) is 0.797. The number of esters is 1. The van der Waals surface area contributed by atoms with Gasteiger partial charge in [-0.15, -0.1) is 11.8 Å². The summed E-state index contributed by atoms with van der Waals surface area (Å²) in [7, 11) is 1.31. The molecule has 0 saturated carbocycles. The lowest BCUT2D eigenvalue weighted by Crippen LogP contribution is -2.19. The van der Waals surface area contributed by atoms with Crippen molar-refractivity contribution in [3.05, 3.63) is 6.58 Å². The second kappa shape index (κ2) is 6.21. The van der Waals surface area contributed by atoms with Gasteiger partial charge in [-0.2, -0.15) is 0 Å². The second-order valence-corrected chi connectivity index (χ2v) is 1.96. The zero-order valence-electron chi connectivity index (χ0n) is 7.26. The first-order valence-corrected chi connectivity index (χ1v) is 3.45. The highest BCUT2D eigenvalue weighted by molar-refractivity contribution is 5.77. The lowest BCUT2D eigenvalue weighted by Gasteiger charge is -2.03. The van der Waals surface area contributed by atoms with Crippen molar-refractivity contribution in [1.29, 1.82) is 0 Å². The van der Waals surface area contributed by atoms with Gasteiger partial charge in [0.05, 0.1) is 7.11 Å². The fourth-order valence-electron chi connectivity index (χ4n) is 0.627. The SMILES string of the molecule is C=C=N[C@@H](CC#CC)C(=O)OC. The normalized spacial score (nSPS) is 10.2. The van der Waals surface area contributed by atoms with Crippen molar-refractivity contribution in [2.75, 3.05) is 7.11 Å².